The van der Waals surface area contributed by atoms with Gasteiger partial charge >= 0.3 is 0 Å². The first-order valence-corrected chi connectivity index (χ1v) is 11.1. The number of nitrogens with zero attached hydrogens (tertiary/aromatic N) is 4. The highest BCUT2D eigenvalue weighted by molar-refractivity contribution is 7.99. The third-order valence-electron chi connectivity index (χ3n) is 5.20. The first-order chi connectivity index (χ1) is 14.8. The van der Waals surface area contributed by atoms with Crippen molar-refractivity contribution < 1.29 is 9.32 Å². The molecule has 0 fully saturated rings. The van der Waals surface area contributed by atoms with E-state index in [4.69, 9.17) is 4.52 Å². The summed E-state index contributed by atoms with van der Waals surface area (Å²) in [5.74, 6) is 1.52. The lowest BCUT2D eigenvalue weighted by Gasteiger charge is -2.15. The van der Waals surface area contributed by atoms with E-state index in [-0.39, 0.29) is 23.1 Å². The molecule has 0 saturated heterocycles. The zero-order valence-corrected chi connectivity index (χ0v) is 19.0. The minimum absolute atomic E-state index is 0.0257. The van der Waals surface area contributed by atoms with Crippen LogP contribution < -0.4 is 5.56 Å². The number of thioether (sulfide) groups is 1. The average Bonchev–Trinajstić information content (AvgIpc) is 3.28. The van der Waals surface area contributed by atoms with Crippen molar-refractivity contribution in [2.75, 3.05) is 5.75 Å². The summed E-state index contributed by atoms with van der Waals surface area (Å²) >= 11 is 1.29. The first kappa shape index (κ1) is 21.1. The Morgan fingerprint density at radius 2 is 1.90 bits per heavy atom. The lowest BCUT2D eigenvalue weighted by molar-refractivity contribution is 0.102. The fraction of sp³-hybridized carbons (Fsp3) is 0.304. The van der Waals surface area contributed by atoms with E-state index in [1.165, 1.54) is 11.8 Å². The molecule has 0 aliphatic rings. The number of benzene rings is 1. The Balaban J connectivity index is 1.65. The van der Waals surface area contributed by atoms with E-state index < -0.39 is 0 Å². The molecule has 0 spiro atoms. The van der Waals surface area contributed by atoms with Gasteiger partial charge in [-0.1, -0.05) is 29.1 Å². The number of para-hydroxylation sites is 1. The molecular weight excluding hydrogens is 412 g/mol. The van der Waals surface area contributed by atoms with E-state index in [1.54, 1.807) is 10.6 Å². The molecule has 0 radical (unpaired) electrons. The fourth-order valence-electron chi connectivity index (χ4n) is 3.75. The van der Waals surface area contributed by atoms with Crippen LogP contribution in [0.2, 0.25) is 0 Å². The van der Waals surface area contributed by atoms with Gasteiger partial charge in [0.15, 0.2) is 16.8 Å². The van der Waals surface area contributed by atoms with E-state index in [1.807, 2.05) is 69.5 Å². The predicted molar refractivity (Wildman–Crippen MR) is 121 cm³/mol. The number of rotatable bonds is 6. The summed E-state index contributed by atoms with van der Waals surface area (Å²) in [7, 11) is 0. The number of carbonyl (C=O) groups excluding carboxylic acids is 1. The standard InChI is InChI=1S/C23H24N4O3S/c1-13(2)26-22(29)17-8-6-7-9-19(17)24-23(26)31-12-20(28)18-10-14(3)27(16(18)5)21-11-15(4)30-25-21/h6-11,13H,12H2,1-5H3. The van der Waals surface area contributed by atoms with Gasteiger partial charge in [0.1, 0.15) is 5.76 Å². The van der Waals surface area contributed by atoms with Gasteiger partial charge in [-0.3, -0.25) is 18.7 Å². The van der Waals surface area contributed by atoms with E-state index in [0.29, 0.717) is 33.2 Å². The van der Waals surface area contributed by atoms with Gasteiger partial charge < -0.3 is 4.52 Å². The SMILES string of the molecule is Cc1cc(-n2c(C)cc(C(=O)CSc3nc4ccccc4c(=O)n3C(C)C)c2C)no1. The molecule has 4 aromatic rings. The molecule has 160 valence electrons. The summed E-state index contributed by atoms with van der Waals surface area (Å²) < 4.78 is 8.75. The predicted octanol–water partition coefficient (Wildman–Crippen LogP) is 4.66. The zero-order valence-electron chi connectivity index (χ0n) is 18.2. The maximum atomic E-state index is 13.1. The van der Waals surface area contributed by atoms with Gasteiger partial charge in [-0.05, 0) is 52.8 Å². The number of hydrogen-bond donors (Lipinski definition) is 0. The monoisotopic (exact) mass is 436 g/mol. The molecule has 3 aromatic heterocycles. The maximum absolute atomic E-state index is 13.1. The van der Waals surface area contributed by atoms with Crippen LogP contribution in [-0.2, 0) is 0 Å². The summed E-state index contributed by atoms with van der Waals surface area (Å²) in [4.78, 5) is 30.7. The van der Waals surface area contributed by atoms with Gasteiger partial charge in [-0.15, -0.1) is 0 Å². The van der Waals surface area contributed by atoms with Crippen molar-refractivity contribution in [3.8, 4) is 5.82 Å². The highest BCUT2D eigenvalue weighted by atomic mass is 32.2. The first-order valence-electron chi connectivity index (χ1n) is 10.1. The number of hydrogen-bond acceptors (Lipinski definition) is 6. The smallest absolute Gasteiger partial charge is 0.262 e. The van der Waals surface area contributed by atoms with Crippen molar-refractivity contribution in [1.82, 2.24) is 19.3 Å². The minimum Gasteiger partial charge on any atom is -0.360 e. The largest absolute Gasteiger partial charge is 0.360 e. The van der Waals surface area contributed by atoms with Crippen LogP contribution in [0.5, 0.6) is 0 Å². The van der Waals surface area contributed by atoms with Gasteiger partial charge in [-0.2, -0.15) is 0 Å². The zero-order chi connectivity index (χ0) is 22.3. The molecule has 0 atom stereocenters. The average molecular weight is 437 g/mol. The van der Waals surface area contributed by atoms with E-state index in [0.717, 1.165) is 11.4 Å². The quantitative estimate of drug-likeness (QED) is 0.248. The van der Waals surface area contributed by atoms with E-state index in [9.17, 15) is 9.59 Å². The van der Waals surface area contributed by atoms with Crippen LogP contribution in [0, 0.1) is 20.8 Å². The van der Waals surface area contributed by atoms with Crippen LogP contribution in [0.25, 0.3) is 16.7 Å². The minimum atomic E-state index is -0.0878. The topological polar surface area (TPSA) is 82.9 Å². The molecule has 1 aromatic carbocycles. The summed E-state index contributed by atoms with van der Waals surface area (Å²) in [6.07, 6.45) is 0. The molecule has 3 heterocycles. The number of fused-ring (bicyclic) bond motifs is 1. The van der Waals surface area contributed by atoms with Gasteiger partial charge in [-0.25, -0.2) is 4.98 Å². The van der Waals surface area contributed by atoms with E-state index in [2.05, 4.69) is 10.1 Å². The van der Waals surface area contributed by atoms with Crippen LogP contribution in [0.15, 0.2) is 50.9 Å². The molecule has 0 bridgehead atoms. The number of carbonyl (C=O) groups is 1. The molecule has 0 amide bonds. The van der Waals surface area contributed by atoms with Crippen LogP contribution in [0.3, 0.4) is 0 Å². The summed E-state index contributed by atoms with van der Waals surface area (Å²) in [5.41, 5.74) is 2.89. The van der Waals surface area contributed by atoms with Crippen molar-refractivity contribution in [3.63, 3.8) is 0 Å². The molecule has 0 N–H and O–H groups in total. The van der Waals surface area contributed by atoms with Gasteiger partial charge in [0.05, 0.1) is 16.7 Å². The lowest BCUT2D eigenvalue weighted by atomic mass is 10.2. The third kappa shape index (κ3) is 3.83. The molecule has 0 saturated carbocycles. The molecule has 7 nitrogen and oxygen atoms in total. The van der Waals surface area contributed by atoms with Crippen molar-refractivity contribution in [3.05, 3.63) is 69.5 Å². The molecule has 0 aliphatic heterocycles. The van der Waals surface area contributed by atoms with Gasteiger partial charge in [0, 0.05) is 29.1 Å². The van der Waals surface area contributed by atoms with Crippen molar-refractivity contribution in [2.45, 2.75) is 45.8 Å². The number of aryl methyl sites for hydroxylation is 2. The number of Topliss-reactive ketones (excluding diaryl/α,β-unsaturated/α-hetero) is 1. The van der Waals surface area contributed by atoms with Crippen LogP contribution >= 0.6 is 11.8 Å². The molecular formula is C23H24N4O3S. The van der Waals surface area contributed by atoms with Crippen LogP contribution in [0.4, 0.5) is 0 Å². The normalized spacial score (nSPS) is 11.5. The summed E-state index contributed by atoms with van der Waals surface area (Å²) in [6, 6.07) is 10.9. The molecule has 8 heteroatoms. The van der Waals surface area contributed by atoms with Crippen LogP contribution in [0.1, 0.15) is 47.4 Å². The highest BCUT2D eigenvalue weighted by Crippen LogP contribution is 2.25. The molecule has 4 rings (SSSR count). The Hall–Kier alpha value is -3.13. The van der Waals surface area contributed by atoms with Crippen molar-refractivity contribution in [1.29, 1.82) is 0 Å². The Labute approximate surface area is 184 Å². The Morgan fingerprint density at radius 3 is 2.58 bits per heavy atom. The highest BCUT2D eigenvalue weighted by Gasteiger charge is 2.20. The Bertz CT molecular complexity index is 1350. The van der Waals surface area contributed by atoms with Crippen molar-refractivity contribution >= 4 is 28.4 Å². The molecule has 31 heavy (non-hydrogen) atoms. The summed E-state index contributed by atoms with van der Waals surface area (Å²) in [5, 5.41) is 5.20. The second-order valence-electron chi connectivity index (χ2n) is 7.81. The summed E-state index contributed by atoms with van der Waals surface area (Å²) in [6.45, 7) is 9.54. The van der Waals surface area contributed by atoms with Crippen LogP contribution in [-0.4, -0.2) is 30.8 Å². The van der Waals surface area contributed by atoms with Crippen molar-refractivity contribution in [2.24, 2.45) is 0 Å². The Morgan fingerprint density at radius 1 is 1.16 bits per heavy atom. The van der Waals surface area contributed by atoms with Gasteiger partial charge in [0.2, 0.25) is 0 Å². The third-order valence-corrected chi connectivity index (χ3v) is 6.15. The van der Waals surface area contributed by atoms with E-state index >= 15 is 0 Å². The van der Waals surface area contributed by atoms with Gasteiger partial charge in [0.25, 0.3) is 5.56 Å². The fourth-order valence-corrected chi connectivity index (χ4v) is 4.76. The lowest BCUT2D eigenvalue weighted by Crippen LogP contribution is -2.25. The maximum Gasteiger partial charge on any atom is 0.262 e. The molecule has 0 aliphatic carbocycles. The Kier molecular flexibility index (Phi) is 5.58. The number of ketones is 1. The second kappa shape index (κ2) is 8.19. The number of aromatic nitrogens is 4. The second-order valence-corrected chi connectivity index (χ2v) is 8.75. The molecule has 0 unspecified atom stereocenters.